The van der Waals surface area contributed by atoms with E-state index in [1.807, 2.05) is 36.4 Å². The van der Waals surface area contributed by atoms with Crippen LogP contribution in [0.15, 0.2) is 48.5 Å². The van der Waals surface area contributed by atoms with E-state index in [1.165, 1.54) is 0 Å². The molecule has 1 atom stereocenters. The van der Waals surface area contributed by atoms with Crippen molar-refractivity contribution in [3.8, 4) is 0 Å². The van der Waals surface area contributed by atoms with E-state index in [2.05, 4.69) is 0 Å². The summed E-state index contributed by atoms with van der Waals surface area (Å²) in [6.45, 7) is 5.40. The average molecular weight is 358 g/mol. The van der Waals surface area contributed by atoms with Crippen LogP contribution in [0.1, 0.15) is 43.0 Å². The predicted molar refractivity (Wildman–Crippen MR) is 98.5 cm³/mol. The van der Waals surface area contributed by atoms with Gasteiger partial charge in [0.05, 0.1) is 12.7 Å². The van der Waals surface area contributed by atoms with E-state index >= 15 is 0 Å². The van der Waals surface area contributed by atoms with Crippen molar-refractivity contribution in [2.24, 2.45) is 0 Å². The molecule has 140 valence electrons. The van der Waals surface area contributed by atoms with Crippen LogP contribution in [0.4, 0.5) is 4.79 Å². The zero-order valence-corrected chi connectivity index (χ0v) is 15.4. The first kappa shape index (κ1) is 19.9. The van der Waals surface area contributed by atoms with Gasteiger partial charge in [0.25, 0.3) is 0 Å². The smallest absolute Gasteiger partial charge is 0.429 e. The number of hydrogen-bond donors (Lipinski definition) is 2. The highest BCUT2D eigenvalue weighted by molar-refractivity contribution is 5.61. The molecule has 0 saturated carbocycles. The van der Waals surface area contributed by atoms with E-state index in [4.69, 9.17) is 14.6 Å². The summed E-state index contributed by atoms with van der Waals surface area (Å²) in [4.78, 5) is 12.0. The summed E-state index contributed by atoms with van der Waals surface area (Å²) >= 11 is 0. The minimum absolute atomic E-state index is 0.0282. The third kappa shape index (κ3) is 5.86. The third-order valence-electron chi connectivity index (χ3n) is 4.08. The molecule has 0 amide bonds. The van der Waals surface area contributed by atoms with Crippen molar-refractivity contribution in [1.29, 1.82) is 0 Å². The van der Waals surface area contributed by atoms with Crippen LogP contribution in [-0.4, -0.2) is 22.5 Å². The lowest BCUT2D eigenvalue weighted by Crippen LogP contribution is -2.26. The second-order valence-electron chi connectivity index (χ2n) is 6.88. The number of aliphatic hydroxyl groups excluding tert-OH is 2. The Bertz CT molecular complexity index is 702. The fourth-order valence-corrected chi connectivity index (χ4v) is 2.56. The Labute approximate surface area is 154 Å². The topological polar surface area (TPSA) is 76.0 Å². The fourth-order valence-electron chi connectivity index (χ4n) is 2.56. The molecule has 0 bridgehead atoms. The van der Waals surface area contributed by atoms with Gasteiger partial charge in [0.2, 0.25) is 0 Å². The average Bonchev–Trinajstić information content (AvgIpc) is 2.60. The Morgan fingerprint density at radius 3 is 2.08 bits per heavy atom. The van der Waals surface area contributed by atoms with Crippen molar-refractivity contribution in [2.45, 2.75) is 52.1 Å². The normalized spacial score (nSPS) is 12.5. The molecule has 2 rings (SSSR count). The fraction of sp³-hybridized carbons (Fsp3) is 0.381. The van der Waals surface area contributed by atoms with E-state index < -0.39 is 11.8 Å². The van der Waals surface area contributed by atoms with Gasteiger partial charge in [0.15, 0.2) is 0 Å². The number of aliphatic hydroxyl groups is 2. The largest absolute Gasteiger partial charge is 0.509 e. The summed E-state index contributed by atoms with van der Waals surface area (Å²) in [5.74, 6) is 0. The lowest BCUT2D eigenvalue weighted by Gasteiger charge is -2.25. The van der Waals surface area contributed by atoms with Gasteiger partial charge in [-0.2, -0.15) is 0 Å². The maximum Gasteiger partial charge on any atom is 0.509 e. The molecular weight excluding hydrogens is 332 g/mol. The van der Waals surface area contributed by atoms with Crippen molar-refractivity contribution >= 4 is 6.16 Å². The van der Waals surface area contributed by atoms with E-state index in [-0.39, 0.29) is 19.3 Å². The Balaban J connectivity index is 1.88. The predicted octanol–water partition coefficient (Wildman–Crippen LogP) is 3.69. The molecule has 5 nitrogen and oxygen atoms in total. The van der Waals surface area contributed by atoms with Crippen molar-refractivity contribution < 1.29 is 24.5 Å². The molecule has 2 aromatic carbocycles. The summed E-state index contributed by atoms with van der Waals surface area (Å²) in [5, 5.41) is 18.5. The lowest BCUT2D eigenvalue weighted by molar-refractivity contribution is -0.0225. The zero-order valence-electron chi connectivity index (χ0n) is 15.4. The first-order valence-corrected chi connectivity index (χ1v) is 8.62. The molecule has 0 heterocycles. The van der Waals surface area contributed by atoms with E-state index in [9.17, 15) is 9.90 Å². The molecule has 26 heavy (non-hydrogen) atoms. The minimum atomic E-state index is -0.841. The Morgan fingerprint density at radius 1 is 1.00 bits per heavy atom. The molecule has 0 radical (unpaired) electrons. The van der Waals surface area contributed by atoms with Crippen LogP contribution < -0.4 is 0 Å². The molecule has 0 saturated heterocycles. The molecule has 0 aromatic heterocycles. The molecule has 0 fully saturated rings. The number of rotatable bonds is 7. The van der Waals surface area contributed by atoms with Gasteiger partial charge < -0.3 is 19.7 Å². The first-order chi connectivity index (χ1) is 12.3. The second kappa shape index (κ2) is 8.83. The zero-order chi connectivity index (χ0) is 19.2. The summed E-state index contributed by atoms with van der Waals surface area (Å²) in [5.41, 5.74) is 2.65. The number of ether oxygens (including phenoxy) is 2. The monoisotopic (exact) mass is 358 g/mol. The standard InChI is InChI=1S/C21H26O5/c1-15(23)12-16-4-6-18(7-5-16)14-25-20(24)26-21(2,3)19-10-8-17(13-22)9-11-19/h4-11,15,22-23H,12-14H2,1-3H3. The van der Waals surface area contributed by atoms with Gasteiger partial charge in [-0.05, 0) is 49.4 Å². The Kier molecular flexibility index (Phi) is 6.77. The number of carbonyl (C=O) groups is 1. The molecule has 0 aliphatic rings. The van der Waals surface area contributed by atoms with Crippen LogP contribution in [-0.2, 0) is 34.7 Å². The minimum Gasteiger partial charge on any atom is -0.429 e. The summed E-state index contributed by atoms with van der Waals surface area (Å²) in [7, 11) is 0. The lowest BCUT2D eigenvalue weighted by atomic mass is 9.97. The van der Waals surface area contributed by atoms with Gasteiger partial charge in [-0.3, -0.25) is 0 Å². The van der Waals surface area contributed by atoms with Gasteiger partial charge >= 0.3 is 6.16 Å². The van der Waals surface area contributed by atoms with Crippen molar-refractivity contribution in [3.63, 3.8) is 0 Å². The molecular formula is C21H26O5. The van der Waals surface area contributed by atoms with Crippen LogP contribution in [0.25, 0.3) is 0 Å². The highest BCUT2D eigenvalue weighted by Crippen LogP contribution is 2.25. The summed E-state index contributed by atoms with van der Waals surface area (Å²) in [6.07, 6.45) is -0.540. The van der Waals surface area contributed by atoms with E-state index in [0.717, 1.165) is 22.3 Å². The highest BCUT2D eigenvalue weighted by atomic mass is 16.7. The molecule has 5 heteroatoms. The molecule has 0 aliphatic heterocycles. The maximum absolute atomic E-state index is 12.0. The Hall–Kier alpha value is -2.37. The van der Waals surface area contributed by atoms with Gasteiger partial charge in [0.1, 0.15) is 12.2 Å². The molecule has 0 aliphatic carbocycles. The van der Waals surface area contributed by atoms with Crippen LogP contribution in [0.2, 0.25) is 0 Å². The summed E-state index contributed by atoms with van der Waals surface area (Å²) < 4.78 is 10.6. The molecule has 2 aromatic rings. The second-order valence-corrected chi connectivity index (χ2v) is 6.88. The third-order valence-corrected chi connectivity index (χ3v) is 4.08. The maximum atomic E-state index is 12.0. The van der Waals surface area contributed by atoms with E-state index in [1.54, 1.807) is 32.9 Å². The number of hydrogen-bond acceptors (Lipinski definition) is 5. The quantitative estimate of drug-likeness (QED) is 0.738. The number of carbonyl (C=O) groups excluding carboxylic acids is 1. The van der Waals surface area contributed by atoms with Crippen molar-refractivity contribution in [2.75, 3.05) is 0 Å². The van der Waals surface area contributed by atoms with Gasteiger partial charge in [-0.15, -0.1) is 0 Å². The van der Waals surface area contributed by atoms with Crippen molar-refractivity contribution in [1.82, 2.24) is 0 Å². The van der Waals surface area contributed by atoms with Crippen LogP contribution in [0.3, 0.4) is 0 Å². The van der Waals surface area contributed by atoms with Gasteiger partial charge in [-0.1, -0.05) is 48.5 Å². The number of benzene rings is 2. The Morgan fingerprint density at radius 2 is 1.54 bits per heavy atom. The highest BCUT2D eigenvalue weighted by Gasteiger charge is 2.26. The molecule has 0 spiro atoms. The summed E-state index contributed by atoms with van der Waals surface area (Å²) in [6, 6.07) is 14.8. The van der Waals surface area contributed by atoms with E-state index in [0.29, 0.717) is 6.42 Å². The van der Waals surface area contributed by atoms with Crippen LogP contribution in [0.5, 0.6) is 0 Å². The molecule has 1 unspecified atom stereocenters. The first-order valence-electron chi connectivity index (χ1n) is 8.62. The van der Waals surface area contributed by atoms with Gasteiger partial charge in [-0.25, -0.2) is 4.79 Å². The van der Waals surface area contributed by atoms with Gasteiger partial charge in [0, 0.05) is 0 Å². The van der Waals surface area contributed by atoms with Crippen molar-refractivity contribution in [3.05, 3.63) is 70.8 Å². The molecule has 2 N–H and O–H groups in total. The van der Waals surface area contributed by atoms with Crippen LogP contribution in [0, 0.1) is 0 Å². The van der Waals surface area contributed by atoms with Crippen LogP contribution >= 0.6 is 0 Å². The SMILES string of the molecule is CC(O)Cc1ccc(COC(=O)OC(C)(C)c2ccc(CO)cc2)cc1.